The van der Waals surface area contributed by atoms with E-state index in [1.807, 2.05) is 0 Å². The van der Waals surface area contributed by atoms with E-state index < -0.39 is 0 Å². The maximum Gasteiger partial charge on any atom is 0.0681 e. The number of hydrogen-bond acceptors (Lipinski definition) is 2. The maximum atomic E-state index is 5.02. The van der Waals surface area contributed by atoms with Crippen molar-refractivity contribution in [3.05, 3.63) is 0 Å². The van der Waals surface area contributed by atoms with Crippen LogP contribution >= 0.6 is 0 Å². The number of nitrogens with two attached hydrogens (primary N) is 1. The minimum absolute atomic E-state index is 0.733. The molecule has 1 rings (SSSR count). The van der Waals surface area contributed by atoms with Crippen molar-refractivity contribution < 1.29 is 4.84 Å². The molecule has 0 heterocycles. The van der Waals surface area contributed by atoms with Gasteiger partial charge in [-0.25, -0.2) is 5.90 Å². The van der Waals surface area contributed by atoms with Crippen LogP contribution in [0.1, 0.15) is 46.0 Å². The maximum absolute atomic E-state index is 5.02. The Morgan fingerprint density at radius 1 is 1.23 bits per heavy atom. The zero-order valence-electron chi connectivity index (χ0n) is 8.96. The molecule has 0 radical (unpaired) electrons. The van der Waals surface area contributed by atoms with Crippen molar-refractivity contribution in [2.75, 3.05) is 6.61 Å². The van der Waals surface area contributed by atoms with Gasteiger partial charge in [0.25, 0.3) is 0 Å². The van der Waals surface area contributed by atoms with Crippen LogP contribution < -0.4 is 5.90 Å². The number of rotatable bonds is 4. The molecule has 0 spiro atoms. The van der Waals surface area contributed by atoms with Gasteiger partial charge in [-0.15, -0.1) is 0 Å². The zero-order valence-corrected chi connectivity index (χ0v) is 8.96. The Balaban J connectivity index is 2.15. The lowest BCUT2D eigenvalue weighted by Gasteiger charge is -2.30. The third-order valence-electron chi connectivity index (χ3n) is 3.48. The average molecular weight is 185 g/mol. The molecule has 0 bridgehead atoms. The zero-order chi connectivity index (χ0) is 9.68. The summed E-state index contributed by atoms with van der Waals surface area (Å²) in [5.41, 5.74) is 0. The Bertz CT molecular complexity index is 128. The molecule has 2 heteroatoms. The van der Waals surface area contributed by atoms with Crippen molar-refractivity contribution in [2.45, 2.75) is 46.0 Å². The molecule has 0 amide bonds. The first kappa shape index (κ1) is 11.0. The van der Waals surface area contributed by atoms with Gasteiger partial charge in [-0.3, -0.25) is 0 Å². The SMILES string of the molecule is CC(C)C1CCC(CCON)CC1. The summed E-state index contributed by atoms with van der Waals surface area (Å²) >= 11 is 0. The van der Waals surface area contributed by atoms with Gasteiger partial charge in [-0.05, 0) is 37.0 Å². The molecule has 1 aliphatic carbocycles. The lowest BCUT2D eigenvalue weighted by molar-refractivity contribution is 0.108. The second kappa shape index (κ2) is 5.61. The lowest BCUT2D eigenvalue weighted by atomic mass is 9.76. The molecule has 1 aliphatic rings. The van der Waals surface area contributed by atoms with Crippen LogP contribution in [0.3, 0.4) is 0 Å². The average Bonchev–Trinajstić information content (AvgIpc) is 2.15. The normalized spacial score (nSPS) is 29.5. The van der Waals surface area contributed by atoms with Crippen LogP contribution in [-0.2, 0) is 4.84 Å². The van der Waals surface area contributed by atoms with Gasteiger partial charge in [0.15, 0.2) is 0 Å². The largest absolute Gasteiger partial charge is 0.305 e. The molecule has 0 unspecified atom stereocenters. The summed E-state index contributed by atoms with van der Waals surface area (Å²) in [5, 5.41) is 0. The minimum atomic E-state index is 0.733. The molecule has 13 heavy (non-hydrogen) atoms. The molecule has 0 aliphatic heterocycles. The summed E-state index contributed by atoms with van der Waals surface area (Å²) < 4.78 is 0. The summed E-state index contributed by atoms with van der Waals surface area (Å²) in [6.45, 7) is 5.42. The second-order valence-electron chi connectivity index (χ2n) is 4.68. The summed E-state index contributed by atoms with van der Waals surface area (Å²) in [5.74, 6) is 7.73. The van der Waals surface area contributed by atoms with Crippen molar-refractivity contribution in [2.24, 2.45) is 23.7 Å². The van der Waals surface area contributed by atoms with Gasteiger partial charge in [0, 0.05) is 0 Å². The third-order valence-corrected chi connectivity index (χ3v) is 3.48. The van der Waals surface area contributed by atoms with Gasteiger partial charge in [-0.1, -0.05) is 26.7 Å². The number of hydrogen-bond donors (Lipinski definition) is 1. The van der Waals surface area contributed by atoms with Crippen molar-refractivity contribution in [3.8, 4) is 0 Å². The van der Waals surface area contributed by atoms with E-state index in [2.05, 4.69) is 18.7 Å². The fourth-order valence-electron chi connectivity index (χ4n) is 2.38. The molecular formula is C11H23NO. The first-order valence-electron chi connectivity index (χ1n) is 5.55. The van der Waals surface area contributed by atoms with E-state index >= 15 is 0 Å². The summed E-state index contributed by atoms with van der Waals surface area (Å²) in [6, 6.07) is 0. The van der Waals surface area contributed by atoms with Gasteiger partial charge < -0.3 is 4.84 Å². The molecule has 0 saturated heterocycles. The first-order valence-corrected chi connectivity index (χ1v) is 5.55. The van der Waals surface area contributed by atoms with Gasteiger partial charge in [0.2, 0.25) is 0 Å². The molecule has 0 aromatic rings. The molecule has 0 aromatic carbocycles. The highest BCUT2D eigenvalue weighted by molar-refractivity contribution is 4.74. The summed E-state index contributed by atoms with van der Waals surface area (Å²) in [7, 11) is 0. The Morgan fingerprint density at radius 3 is 2.31 bits per heavy atom. The van der Waals surface area contributed by atoms with Crippen molar-refractivity contribution in [3.63, 3.8) is 0 Å². The van der Waals surface area contributed by atoms with Crippen molar-refractivity contribution >= 4 is 0 Å². The van der Waals surface area contributed by atoms with Crippen LogP contribution in [0.15, 0.2) is 0 Å². The molecular weight excluding hydrogens is 162 g/mol. The Morgan fingerprint density at radius 2 is 1.85 bits per heavy atom. The fourth-order valence-corrected chi connectivity index (χ4v) is 2.38. The highest BCUT2D eigenvalue weighted by atomic mass is 16.6. The Labute approximate surface area is 81.8 Å². The quantitative estimate of drug-likeness (QED) is 0.683. The van der Waals surface area contributed by atoms with Crippen LogP contribution in [0, 0.1) is 17.8 Å². The van der Waals surface area contributed by atoms with Gasteiger partial charge in [0.1, 0.15) is 0 Å². The molecule has 1 fully saturated rings. The Kier molecular flexibility index (Phi) is 4.74. The van der Waals surface area contributed by atoms with Crippen LogP contribution in [0.2, 0.25) is 0 Å². The van der Waals surface area contributed by atoms with Gasteiger partial charge in [-0.2, -0.15) is 0 Å². The molecule has 0 atom stereocenters. The standard InChI is InChI=1S/C11H23NO/c1-9(2)11-5-3-10(4-6-11)7-8-13-12/h9-11H,3-8,12H2,1-2H3. The van der Waals surface area contributed by atoms with E-state index in [0.717, 1.165) is 30.8 Å². The highest BCUT2D eigenvalue weighted by Crippen LogP contribution is 2.34. The van der Waals surface area contributed by atoms with Crippen LogP contribution in [0.4, 0.5) is 0 Å². The molecule has 2 nitrogen and oxygen atoms in total. The van der Waals surface area contributed by atoms with Crippen LogP contribution in [0.25, 0.3) is 0 Å². The monoisotopic (exact) mass is 185 g/mol. The van der Waals surface area contributed by atoms with Gasteiger partial charge >= 0.3 is 0 Å². The van der Waals surface area contributed by atoms with E-state index in [9.17, 15) is 0 Å². The molecule has 2 N–H and O–H groups in total. The van der Waals surface area contributed by atoms with Crippen LogP contribution in [-0.4, -0.2) is 6.61 Å². The molecule has 1 saturated carbocycles. The predicted molar refractivity (Wildman–Crippen MR) is 55.0 cm³/mol. The minimum Gasteiger partial charge on any atom is -0.305 e. The topological polar surface area (TPSA) is 35.2 Å². The third kappa shape index (κ3) is 3.65. The van der Waals surface area contributed by atoms with Crippen LogP contribution in [0.5, 0.6) is 0 Å². The summed E-state index contributed by atoms with van der Waals surface area (Å²) in [6.07, 6.45) is 6.74. The van der Waals surface area contributed by atoms with E-state index in [-0.39, 0.29) is 0 Å². The van der Waals surface area contributed by atoms with E-state index in [4.69, 9.17) is 5.90 Å². The van der Waals surface area contributed by atoms with E-state index in [1.54, 1.807) is 0 Å². The van der Waals surface area contributed by atoms with Crippen molar-refractivity contribution in [1.82, 2.24) is 0 Å². The lowest BCUT2D eigenvalue weighted by Crippen LogP contribution is -2.20. The second-order valence-corrected chi connectivity index (χ2v) is 4.68. The van der Waals surface area contributed by atoms with Crippen molar-refractivity contribution in [1.29, 1.82) is 0 Å². The fraction of sp³-hybridized carbons (Fsp3) is 1.00. The molecule has 78 valence electrons. The molecule has 0 aromatic heterocycles. The predicted octanol–water partition coefficient (Wildman–Crippen LogP) is 2.73. The van der Waals surface area contributed by atoms with Gasteiger partial charge in [0.05, 0.1) is 6.61 Å². The highest BCUT2D eigenvalue weighted by Gasteiger charge is 2.22. The first-order chi connectivity index (χ1) is 6.24. The Hall–Kier alpha value is -0.0800. The smallest absolute Gasteiger partial charge is 0.0681 e. The van der Waals surface area contributed by atoms with E-state index in [1.165, 1.54) is 25.7 Å². The summed E-state index contributed by atoms with van der Waals surface area (Å²) in [4.78, 5) is 4.62. The van der Waals surface area contributed by atoms with E-state index in [0.29, 0.717) is 0 Å².